The molecular weight excluding hydrogens is 318 g/mol. The van der Waals surface area contributed by atoms with Gasteiger partial charge in [-0.2, -0.15) is 5.10 Å². The molecule has 0 aliphatic carbocycles. The lowest BCUT2D eigenvalue weighted by molar-refractivity contribution is -0.141. The maximum Gasteiger partial charge on any atom is 0.307 e. The van der Waals surface area contributed by atoms with E-state index in [4.69, 9.17) is 16.3 Å². The molecule has 0 aliphatic rings. The van der Waals surface area contributed by atoms with Gasteiger partial charge in [0.15, 0.2) is 0 Å². The van der Waals surface area contributed by atoms with Crippen molar-refractivity contribution in [2.75, 3.05) is 7.11 Å². The van der Waals surface area contributed by atoms with Crippen LogP contribution in [0, 0.1) is 6.92 Å². The van der Waals surface area contributed by atoms with Gasteiger partial charge in [0.05, 0.1) is 31.3 Å². The summed E-state index contributed by atoms with van der Waals surface area (Å²) in [5.74, 6) is -0.748. The molecule has 0 saturated carbocycles. The van der Waals surface area contributed by atoms with Gasteiger partial charge in [-0.1, -0.05) is 29.8 Å². The highest BCUT2D eigenvalue weighted by molar-refractivity contribution is 6.31. The maximum atomic E-state index is 12.5. The van der Waals surface area contributed by atoms with Crippen molar-refractivity contribution in [1.82, 2.24) is 15.1 Å². The fourth-order valence-corrected chi connectivity index (χ4v) is 2.47. The summed E-state index contributed by atoms with van der Waals surface area (Å²) in [6.07, 6.45) is 1.48. The van der Waals surface area contributed by atoms with Gasteiger partial charge in [0.25, 0.3) is 5.91 Å². The van der Waals surface area contributed by atoms with Crippen LogP contribution in [0.1, 0.15) is 34.1 Å². The van der Waals surface area contributed by atoms with Crippen LogP contribution < -0.4 is 5.32 Å². The number of hydrogen-bond acceptors (Lipinski definition) is 4. The Kier molecular flexibility index (Phi) is 5.39. The van der Waals surface area contributed by atoms with Crippen molar-refractivity contribution in [3.8, 4) is 0 Å². The molecule has 1 N–H and O–H groups in total. The second kappa shape index (κ2) is 7.28. The Morgan fingerprint density at radius 2 is 2.09 bits per heavy atom. The maximum absolute atomic E-state index is 12.5. The minimum atomic E-state index is -0.580. The highest BCUT2D eigenvalue weighted by atomic mass is 35.5. The summed E-state index contributed by atoms with van der Waals surface area (Å²) in [7, 11) is 3.06. The zero-order chi connectivity index (χ0) is 17.0. The number of aryl methyl sites for hydroxylation is 1. The number of aromatic nitrogens is 2. The van der Waals surface area contributed by atoms with E-state index in [1.54, 1.807) is 42.9 Å². The zero-order valence-electron chi connectivity index (χ0n) is 13.2. The summed E-state index contributed by atoms with van der Waals surface area (Å²) >= 11 is 6.19. The normalized spacial score (nSPS) is 11.8. The Morgan fingerprint density at radius 1 is 1.39 bits per heavy atom. The van der Waals surface area contributed by atoms with E-state index in [0.717, 1.165) is 5.69 Å². The standard InChI is InChI=1S/C16H18ClN3O3/c1-10-12(9-18-20(10)2)16(22)19-14(8-15(21)23-3)11-6-4-5-7-13(11)17/h4-7,9,14H,8H2,1-3H3,(H,19,22). The molecule has 0 radical (unpaired) electrons. The SMILES string of the molecule is COC(=O)CC(NC(=O)c1cnn(C)c1C)c1ccccc1Cl. The van der Waals surface area contributed by atoms with Crippen molar-refractivity contribution in [2.45, 2.75) is 19.4 Å². The summed E-state index contributed by atoms with van der Waals surface area (Å²) in [6, 6.07) is 6.49. The number of halogens is 1. The first-order chi connectivity index (χ1) is 10.9. The van der Waals surface area contributed by atoms with Gasteiger partial charge in [-0.05, 0) is 18.6 Å². The molecule has 2 rings (SSSR count). The van der Waals surface area contributed by atoms with E-state index >= 15 is 0 Å². The Bertz CT molecular complexity index is 727. The Labute approximate surface area is 139 Å². The van der Waals surface area contributed by atoms with Crippen molar-refractivity contribution in [1.29, 1.82) is 0 Å². The first kappa shape index (κ1) is 17.0. The third-order valence-corrected chi connectivity index (χ3v) is 4.01. The van der Waals surface area contributed by atoms with Gasteiger partial charge in [0, 0.05) is 17.8 Å². The van der Waals surface area contributed by atoms with Crippen LogP contribution in [0.3, 0.4) is 0 Å². The molecule has 0 spiro atoms. The van der Waals surface area contributed by atoms with E-state index in [0.29, 0.717) is 16.1 Å². The van der Waals surface area contributed by atoms with E-state index < -0.39 is 12.0 Å². The fourth-order valence-electron chi connectivity index (χ4n) is 2.20. The lowest BCUT2D eigenvalue weighted by atomic mass is 10.0. The number of ether oxygens (including phenoxy) is 1. The molecule has 1 atom stereocenters. The highest BCUT2D eigenvalue weighted by Gasteiger charge is 2.23. The molecule has 0 saturated heterocycles. The highest BCUT2D eigenvalue weighted by Crippen LogP contribution is 2.26. The quantitative estimate of drug-likeness (QED) is 0.852. The molecule has 1 heterocycles. The molecule has 122 valence electrons. The second-order valence-electron chi connectivity index (χ2n) is 5.10. The number of benzene rings is 1. The van der Waals surface area contributed by atoms with E-state index in [9.17, 15) is 9.59 Å². The number of amides is 1. The molecule has 1 aromatic carbocycles. The van der Waals surface area contributed by atoms with Gasteiger partial charge in [0.1, 0.15) is 0 Å². The Balaban J connectivity index is 2.28. The summed E-state index contributed by atoms with van der Waals surface area (Å²) in [4.78, 5) is 24.1. The van der Waals surface area contributed by atoms with E-state index in [-0.39, 0.29) is 12.3 Å². The largest absolute Gasteiger partial charge is 0.469 e. The number of hydrogen-bond donors (Lipinski definition) is 1. The second-order valence-corrected chi connectivity index (χ2v) is 5.50. The average Bonchev–Trinajstić information content (AvgIpc) is 2.86. The van der Waals surface area contributed by atoms with Crippen molar-refractivity contribution in [2.24, 2.45) is 7.05 Å². The molecule has 6 nitrogen and oxygen atoms in total. The van der Waals surface area contributed by atoms with Crippen molar-refractivity contribution < 1.29 is 14.3 Å². The number of methoxy groups -OCH3 is 1. The van der Waals surface area contributed by atoms with Crippen molar-refractivity contribution >= 4 is 23.5 Å². The van der Waals surface area contributed by atoms with Gasteiger partial charge in [-0.3, -0.25) is 14.3 Å². The molecule has 0 aliphatic heterocycles. The molecule has 1 amide bonds. The molecular formula is C16H18ClN3O3. The number of rotatable bonds is 5. The predicted molar refractivity (Wildman–Crippen MR) is 86.2 cm³/mol. The molecule has 1 unspecified atom stereocenters. The van der Waals surface area contributed by atoms with E-state index in [1.165, 1.54) is 13.3 Å². The number of nitrogens with one attached hydrogen (secondary N) is 1. The fraction of sp³-hybridized carbons (Fsp3) is 0.312. The molecule has 0 fully saturated rings. The first-order valence-corrected chi connectivity index (χ1v) is 7.42. The number of esters is 1. The number of carbonyl (C=O) groups excluding carboxylic acids is 2. The number of carbonyl (C=O) groups is 2. The monoisotopic (exact) mass is 335 g/mol. The van der Waals surface area contributed by atoms with Gasteiger partial charge < -0.3 is 10.1 Å². The van der Waals surface area contributed by atoms with Gasteiger partial charge in [0.2, 0.25) is 0 Å². The van der Waals surface area contributed by atoms with Crippen LogP contribution >= 0.6 is 11.6 Å². The molecule has 0 bridgehead atoms. The third kappa shape index (κ3) is 3.90. The van der Waals surface area contributed by atoms with Gasteiger partial charge in [-0.15, -0.1) is 0 Å². The van der Waals surface area contributed by atoms with Crippen LogP contribution in [0.25, 0.3) is 0 Å². The van der Waals surface area contributed by atoms with Gasteiger partial charge >= 0.3 is 5.97 Å². The summed E-state index contributed by atoms with van der Waals surface area (Å²) in [5, 5.41) is 7.36. The van der Waals surface area contributed by atoms with Crippen LogP contribution in [0.2, 0.25) is 5.02 Å². The minimum Gasteiger partial charge on any atom is -0.469 e. The van der Waals surface area contributed by atoms with Crippen molar-refractivity contribution in [3.05, 3.63) is 52.3 Å². The third-order valence-electron chi connectivity index (χ3n) is 3.66. The summed E-state index contributed by atoms with van der Waals surface area (Å²) < 4.78 is 6.32. The minimum absolute atomic E-state index is 0.00865. The van der Waals surface area contributed by atoms with Crippen LogP contribution in [0.4, 0.5) is 0 Å². The predicted octanol–water partition coefficient (Wildman–Crippen LogP) is 2.42. The van der Waals surface area contributed by atoms with E-state index in [2.05, 4.69) is 10.4 Å². The Morgan fingerprint density at radius 3 is 2.65 bits per heavy atom. The molecule has 7 heteroatoms. The topological polar surface area (TPSA) is 73.2 Å². The van der Waals surface area contributed by atoms with Crippen LogP contribution in [0.5, 0.6) is 0 Å². The molecule has 2 aromatic rings. The smallest absolute Gasteiger partial charge is 0.307 e. The lowest BCUT2D eigenvalue weighted by Gasteiger charge is -2.19. The first-order valence-electron chi connectivity index (χ1n) is 7.04. The van der Waals surface area contributed by atoms with Crippen LogP contribution in [-0.2, 0) is 16.6 Å². The number of nitrogens with zero attached hydrogens (tertiary/aromatic N) is 2. The Hall–Kier alpha value is -2.34. The van der Waals surface area contributed by atoms with E-state index in [1.807, 2.05) is 0 Å². The molecule has 1 aromatic heterocycles. The van der Waals surface area contributed by atoms with Gasteiger partial charge in [-0.25, -0.2) is 0 Å². The molecule has 23 heavy (non-hydrogen) atoms. The summed E-state index contributed by atoms with van der Waals surface area (Å²) in [6.45, 7) is 1.80. The van der Waals surface area contributed by atoms with Crippen LogP contribution in [0.15, 0.2) is 30.5 Å². The summed E-state index contributed by atoms with van der Waals surface area (Å²) in [5.41, 5.74) is 1.85. The lowest BCUT2D eigenvalue weighted by Crippen LogP contribution is -2.31. The van der Waals surface area contributed by atoms with Crippen LogP contribution in [-0.4, -0.2) is 28.8 Å². The van der Waals surface area contributed by atoms with Crippen molar-refractivity contribution in [3.63, 3.8) is 0 Å². The average molecular weight is 336 g/mol. The zero-order valence-corrected chi connectivity index (χ0v) is 13.9.